The minimum absolute atomic E-state index is 0. The van der Waals surface area contributed by atoms with Crippen molar-refractivity contribution in [2.75, 3.05) is 0 Å². The molecular formula is C36H42IrNO2-. The van der Waals surface area contributed by atoms with Gasteiger partial charge in [0, 0.05) is 49.9 Å². The zero-order valence-electron chi connectivity index (χ0n) is 24.9. The molecule has 0 amide bonds. The van der Waals surface area contributed by atoms with Crippen molar-refractivity contribution >= 4 is 27.3 Å². The number of benzene rings is 3. The summed E-state index contributed by atoms with van der Waals surface area (Å²) in [5.74, 6) is 0.547. The van der Waals surface area contributed by atoms with E-state index in [4.69, 9.17) is 4.98 Å². The van der Waals surface area contributed by atoms with Gasteiger partial charge in [-0.15, -0.1) is 23.6 Å². The van der Waals surface area contributed by atoms with Crippen LogP contribution in [0, 0.1) is 24.8 Å². The first-order chi connectivity index (χ1) is 18.7. The number of nitrogens with zero attached hydrogens (tertiary/aromatic N) is 1. The van der Waals surface area contributed by atoms with Crippen LogP contribution in [0.15, 0.2) is 66.6 Å². The predicted octanol–water partition coefficient (Wildman–Crippen LogP) is 9.67. The smallest absolute Gasteiger partial charge is 0.162 e. The third kappa shape index (κ3) is 6.09. The molecule has 0 saturated carbocycles. The largest absolute Gasteiger partial charge is 0.512 e. The molecule has 5 rings (SSSR count). The van der Waals surface area contributed by atoms with Crippen LogP contribution in [0.1, 0.15) is 83.9 Å². The van der Waals surface area contributed by atoms with Gasteiger partial charge >= 0.3 is 0 Å². The molecule has 0 atom stereocenters. The first kappa shape index (κ1) is 31.7. The van der Waals surface area contributed by atoms with E-state index < -0.39 is 0 Å². The Hall–Kier alpha value is -2.81. The quantitative estimate of drug-likeness (QED) is 0.118. The molecule has 1 aliphatic carbocycles. The molecule has 0 saturated heterocycles. The van der Waals surface area contributed by atoms with Crippen LogP contribution >= 0.6 is 0 Å². The van der Waals surface area contributed by atoms with Gasteiger partial charge < -0.3 is 5.11 Å². The number of aliphatic hydroxyl groups is 1. The second-order valence-electron chi connectivity index (χ2n) is 11.3. The maximum Gasteiger partial charge on any atom is 0.162 e. The zero-order valence-corrected chi connectivity index (χ0v) is 27.3. The van der Waals surface area contributed by atoms with Crippen LogP contribution in [0.2, 0.25) is 0 Å². The van der Waals surface area contributed by atoms with Crippen molar-refractivity contribution in [3.8, 4) is 11.3 Å². The molecule has 0 unspecified atom stereocenters. The number of pyridine rings is 1. The number of hydrogen-bond acceptors (Lipinski definition) is 3. The second kappa shape index (κ2) is 13.2. The summed E-state index contributed by atoms with van der Waals surface area (Å²) in [6.07, 6.45) is 6.83. The van der Waals surface area contributed by atoms with Gasteiger partial charge in [-0.25, -0.2) is 0 Å². The Morgan fingerprint density at radius 3 is 2.23 bits per heavy atom. The van der Waals surface area contributed by atoms with Gasteiger partial charge in [0.2, 0.25) is 0 Å². The van der Waals surface area contributed by atoms with Gasteiger partial charge in [0.05, 0.1) is 5.76 Å². The van der Waals surface area contributed by atoms with Crippen molar-refractivity contribution in [3.05, 3.63) is 89.3 Å². The summed E-state index contributed by atoms with van der Waals surface area (Å²) >= 11 is 0. The number of aryl methyl sites for hydroxylation is 1. The summed E-state index contributed by atoms with van der Waals surface area (Å²) in [5, 5.41) is 14.7. The van der Waals surface area contributed by atoms with Gasteiger partial charge in [-0.05, 0) is 60.4 Å². The van der Waals surface area contributed by atoms with Crippen LogP contribution < -0.4 is 0 Å². The molecule has 1 aromatic heterocycles. The normalized spacial score (nSPS) is 13.6. The van der Waals surface area contributed by atoms with Crippen molar-refractivity contribution in [1.29, 1.82) is 0 Å². The maximum atomic E-state index is 11.7. The first-order valence-corrected chi connectivity index (χ1v) is 14.5. The Balaban J connectivity index is 0.000000243. The Morgan fingerprint density at radius 2 is 1.57 bits per heavy atom. The van der Waals surface area contributed by atoms with Crippen molar-refractivity contribution in [3.63, 3.8) is 0 Å². The third-order valence-electron chi connectivity index (χ3n) is 8.46. The SMILES string of the molecule is CCC(CC)C(=O)/C=C(\O)C(CC)CC.Cc1cc2c3c(nccc3c1)-c1[c-]c3ccccc3cc1C2(C)C.[Ir]. The molecule has 1 radical (unpaired) electrons. The summed E-state index contributed by atoms with van der Waals surface area (Å²) < 4.78 is 0. The topological polar surface area (TPSA) is 50.2 Å². The Bertz CT molecular complexity index is 1530. The van der Waals surface area contributed by atoms with Crippen LogP contribution in [-0.2, 0) is 30.3 Å². The number of carbonyl (C=O) groups excluding carboxylic acids is 1. The molecule has 0 bridgehead atoms. The molecule has 3 aromatic carbocycles. The number of aliphatic hydroxyl groups excluding tert-OH is 1. The van der Waals surface area contributed by atoms with Crippen molar-refractivity contribution < 1.29 is 30.0 Å². The Morgan fingerprint density at radius 1 is 0.925 bits per heavy atom. The van der Waals surface area contributed by atoms with E-state index in [0.29, 0.717) is 0 Å². The van der Waals surface area contributed by atoms with Crippen molar-refractivity contribution in [2.24, 2.45) is 11.8 Å². The summed E-state index contributed by atoms with van der Waals surface area (Å²) in [5.41, 5.74) is 6.16. The molecule has 0 fully saturated rings. The summed E-state index contributed by atoms with van der Waals surface area (Å²) in [4.78, 5) is 16.5. The van der Waals surface area contributed by atoms with E-state index in [-0.39, 0.29) is 48.9 Å². The molecule has 0 spiro atoms. The Labute approximate surface area is 253 Å². The molecule has 40 heavy (non-hydrogen) atoms. The molecule has 1 aliphatic rings. The third-order valence-corrected chi connectivity index (χ3v) is 8.46. The fourth-order valence-corrected chi connectivity index (χ4v) is 5.92. The van der Waals surface area contributed by atoms with Crippen LogP contribution in [-0.4, -0.2) is 15.9 Å². The number of fused-ring (bicyclic) bond motifs is 3. The molecule has 1 N–H and O–H groups in total. The van der Waals surface area contributed by atoms with E-state index in [1.54, 1.807) is 0 Å². The summed E-state index contributed by atoms with van der Waals surface area (Å²) in [6.45, 7) is 14.9. The van der Waals surface area contributed by atoms with Crippen LogP contribution in [0.25, 0.3) is 32.8 Å². The van der Waals surface area contributed by atoms with Gasteiger partial charge in [0.25, 0.3) is 0 Å². The number of hydrogen-bond donors (Lipinski definition) is 1. The van der Waals surface area contributed by atoms with Gasteiger partial charge in [0.1, 0.15) is 0 Å². The number of carbonyl (C=O) groups is 1. The second-order valence-corrected chi connectivity index (χ2v) is 11.3. The number of allylic oxidation sites excluding steroid dienone is 2. The number of aromatic nitrogens is 1. The van der Waals surface area contributed by atoms with Gasteiger partial charge in [-0.1, -0.05) is 94.0 Å². The van der Waals surface area contributed by atoms with E-state index >= 15 is 0 Å². The molecule has 213 valence electrons. The standard InChI is InChI=1S/C23H18N.C13H24O2.Ir/c1-14-10-17-8-9-24-22-18-12-15-6-4-5-7-16(15)13-19(18)23(2,3)20(11-14)21(17)22;1-5-10(6-2)12(14)9-13(15)11(7-3)8-4;/h4-11,13H,1-3H3;9-11,14H,5-8H2,1-4H3;/q-1;;/b;12-9-;. The van der Waals surface area contributed by atoms with E-state index in [9.17, 15) is 9.90 Å². The van der Waals surface area contributed by atoms with Gasteiger partial charge in [-0.2, -0.15) is 0 Å². The molecule has 3 nitrogen and oxygen atoms in total. The first-order valence-electron chi connectivity index (χ1n) is 14.5. The van der Waals surface area contributed by atoms with E-state index in [1.807, 2.05) is 33.9 Å². The minimum Gasteiger partial charge on any atom is -0.512 e. The molecule has 1 heterocycles. The van der Waals surface area contributed by atoms with Crippen molar-refractivity contribution in [2.45, 2.75) is 79.6 Å². The maximum absolute atomic E-state index is 11.7. The monoisotopic (exact) mass is 713 g/mol. The van der Waals surface area contributed by atoms with E-state index in [1.165, 1.54) is 38.9 Å². The molecular weight excluding hydrogens is 671 g/mol. The fraction of sp³-hybridized carbons (Fsp3) is 0.389. The Kier molecular flexibility index (Phi) is 10.5. The number of rotatable bonds is 7. The molecule has 4 aromatic rings. The minimum atomic E-state index is -0.0594. The zero-order chi connectivity index (χ0) is 28.3. The summed E-state index contributed by atoms with van der Waals surface area (Å²) in [7, 11) is 0. The van der Waals surface area contributed by atoms with Crippen molar-refractivity contribution in [1.82, 2.24) is 4.98 Å². The molecule has 0 aliphatic heterocycles. The van der Waals surface area contributed by atoms with Crippen LogP contribution in [0.5, 0.6) is 0 Å². The molecule has 4 heteroatoms. The van der Waals surface area contributed by atoms with E-state index in [0.717, 1.165) is 42.3 Å². The number of ketones is 1. The predicted molar refractivity (Wildman–Crippen MR) is 164 cm³/mol. The van der Waals surface area contributed by atoms with Crippen LogP contribution in [0.4, 0.5) is 0 Å². The average Bonchev–Trinajstić information content (AvgIpc) is 2.92. The van der Waals surface area contributed by atoms with Gasteiger partial charge in [0.15, 0.2) is 5.78 Å². The summed E-state index contributed by atoms with van der Waals surface area (Å²) in [6, 6.07) is 21.2. The fourth-order valence-electron chi connectivity index (χ4n) is 5.92. The average molecular weight is 713 g/mol. The van der Waals surface area contributed by atoms with Gasteiger partial charge in [-0.3, -0.25) is 9.78 Å². The van der Waals surface area contributed by atoms with E-state index in [2.05, 4.69) is 75.4 Å². The van der Waals surface area contributed by atoms with Crippen LogP contribution in [0.3, 0.4) is 0 Å².